The van der Waals surface area contributed by atoms with Crippen molar-refractivity contribution in [3.05, 3.63) is 36.0 Å². The van der Waals surface area contributed by atoms with Crippen LogP contribution in [-0.4, -0.2) is 10.2 Å². The Morgan fingerprint density at radius 2 is 2.29 bits per heavy atom. The second kappa shape index (κ2) is 3.23. The van der Waals surface area contributed by atoms with Gasteiger partial charge in [0.2, 0.25) is 0 Å². The van der Waals surface area contributed by atoms with Gasteiger partial charge in [0.05, 0.1) is 29.2 Å². The number of nitriles is 1. The lowest BCUT2D eigenvalue weighted by Gasteiger charge is -1.98. The van der Waals surface area contributed by atoms with E-state index in [2.05, 4.69) is 16.3 Å². The number of aromatic nitrogens is 2. The number of hydrogen-bond acceptors (Lipinski definition) is 3. The van der Waals surface area contributed by atoms with E-state index < -0.39 is 0 Å². The van der Waals surface area contributed by atoms with E-state index in [4.69, 9.17) is 11.0 Å². The van der Waals surface area contributed by atoms with Gasteiger partial charge in [0.25, 0.3) is 0 Å². The van der Waals surface area contributed by atoms with Gasteiger partial charge in [0.15, 0.2) is 0 Å². The van der Waals surface area contributed by atoms with E-state index in [1.54, 1.807) is 18.3 Å². The molecule has 0 radical (unpaired) electrons. The summed E-state index contributed by atoms with van der Waals surface area (Å²) in [7, 11) is 0. The molecule has 0 atom stereocenters. The first kappa shape index (κ1) is 8.32. The number of rotatable bonds is 1. The van der Waals surface area contributed by atoms with Gasteiger partial charge < -0.3 is 5.73 Å². The Morgan fingerprint density at radius 1 is 1.43 bits per heavy atom. The minimum atomic E-state index is 0.583. The Labute approximate surface area is 81.0 Å². The van der Waals surface area contributed by atoms with Crippen LogP contribution in [0.25, 0.3) is 11.3 Å². The van der Waals surface area contributed by atoms with Crippen LogP contribution in [0.5, 0.6) is 0 Å². The van der Waals surface area contributed by atoms with Crippen LogP contribution in [0.3, 0.4) is 0 Å². The molecule has 0 aliphatic carbocycles. The zero-order chi connectivity index (χ0) is 9.97. The predicted molar refractivity (Wildman–Crippen MR) is 53.2 cm³/mol. The predicted octanol–water partition coefficient (Wildman–Crippen LogP) is 1.53. The fourth-order valence-corrected chi connectivity index (χ4v) is 1.27. The second-order valence-corrected chi connectivity index (χ2v) is 2.89. The first-order valence-electron chi connectivity index (χ1n) is 4.10. The summed E-state index contributed by atoms with van der Waals surface area (Å²) in [6.45, 7) is 0. The van der Waals surface area contributed by atoms with E-state index in [1.165, 1.54) is 0 Å². The number of aromatic amines is 1. The Bertz CT molecular complexity index is 493. The van der Waals surface area contributed by atoms with E-state index >= 15 is 0 Å². The summed E-state index contributed by atoms with van der Waals surface area (Å²) in [5.74, 6) is 0. The van der Waals surface area contributed by atoms with Crippen molar-refractivity contribution < 1.29 is 0 Å². The van der Waals surface area contributed by atoms with Crippen LogP contribution in [0.2, 0.25) is 0 Å². The maximum Gasteiger partial charge on any atom is 0.0991 e. The molecular formula is C10H8N4. The van der Waals surface area contributed by atoms with E-state index in [0.29, 0.717) is 11.3 Å². The summed E-state index contributed by atoms with van der Waals surface area (Å²) in [4.78, 5) is 0. The van der Waals surface area contributed by atoms with Crippen LogP contribution in [-0.2, 0) is 0 Å². The summed E-state index contributed by atoms with van der Waals surface area (Å²) in [6.07, 6.45) is 1.55. The van der Waals surface area contributed by atoms with Crippen LogP contribution in [0, 0.1) is 11.3 Å². The highest BCUT2D eigenvalue weighted by Gasteiger charge is 2.04. The lowest BCUT2D eigenvalue weighted by atomic mass is 10.1. The SMILES string of the molecule is N#Cc1cccc(-c2[nH]ncc2N)c1. The third-order valence-corrected chi connectivity index (χ3v) is 1.95. The number of nitrogen functional groups attached to an aromatic ring is 1. The average molecular weight is 184 g/mol. The Hall–Kier alpha value is -2.28. The maximum absolute atomic E-state index is 8.72. The number of nitrogens with one attached hydrogen (secondary N) is 1. The van der Waals surface area contributed by atoms with Gasteiger partial charge >= 0.3 is 0 Å². The van der Waals surface area contributed by atoms with Crippen molar-refractivity contribution in [2.24, 2.45) is 0 Å². The zero-order valence-corrected chi connectivity index (χ0v) is 7.36. The molecule has 1 heterocycles. The molecule has 0 spiro atoms. The van der Waals surface area contributed by atoms with Crippen LogP contribution >= 0.6 is 0 Å². The van der Waals surface area contributed by atoms with Gasteiger partial charge in [-0.3, -0.25) is 5.10 Å². The van der Waals surface area contributed by atoms with Crippen molar-refractivity contribution in [3.63, 3.8) is 0 Å². The standard InChI is InChI=1S/C10H8N4/c11-5-7-2-1-3-8(4-7)10-9(12)6-13-14-10/h1-4,6H,12H2,(H,13,14). The molecule has 4 nitrogen and oxygen atoms in total. The Morgan fingerprint density at radius 3 is 2.93 bits per heavy atom. The quantitative estimate of drug-likeness (QED) is 0.705. The minimum Gasteiger partial charge on any atom is -0.396 e. The molecule has 2 rings (SSSR count). The highest BCUT2D eigenvalue weighted by Crippen LogP contribution is 2.22. The van der Waals surface area contributed by atoms with E-state index in [1.807, 2.05) is 12.1 Å². The van der Waals surface area contributed by atoms with Crippen LogP contribution < -0.4 is 5.73 Å². The van der Waals surface area contributed by atoms with Crippen molar-refractivity contribution in [2.45, 2.75) is 0 Å². The van der Waals surface area contributed by atoms with Gasteiger partial charge in [-0.2, -0.15) is 10.4 Å². The molecular weight excluding hydrogens is 176 g/mol. The van der Waals surface area contributed by atoms with E-state index in [-0.39, 0.29) is 0 Å². The normalized spacial score (nSPS) is 9.64. The number of anilines is 1. The van der Waals surface area contributed by atoms with Crippen molar-refractivity contribution in [2.75, 3.05) is 5.73 Å². The first-order chi connectivity index (χ1) is 6.81. The number of nitrogens with zero attached hydrogens (tertiary/aromatic N) is 2. The molecule has 0 unspecified atom stereocenters. The van der Waals surface area contributed by atoms with Gasteiger partial charge in [-0.1, -0.05) is 12.1 Å². The van der Waals surface area contributed by atoms with Crippen molar-refractivity contribution in [3.8, 4) is 17.3 Å². The van der Waals surface area contributed by atoms with Gasteiger partial charge in [0, 0.05) is 5.56 Å². The van der Waals surface area contributed by atoms with Gasteiger partial charge in [0.1, 0.15) is 0 Å². The molecule has 0 saturated carbocycles. The summed E-state index contributed by atoms with van der Waals surface area (Å²) in [5, 5.41) is 15.3. The van der Waals surface area contributed by atoms with Gasteiger partial charge in [-0.05, 0) is 12.1 Å². The highest BCUT2D eigenvalue weighted by atomic mass is 15.1. The van der Waals surface area contributed by atoms with Crippen molar-refractivity contribution in [1.29, 1.82) is 5.26 Å². The zero-order valence-electron chi connectivity index (χ0n) is 7.36. The highest BCUT2D eigenvalue weighted by molar-refractivity contribution is 5.72. The Kier molecular flexibility index (Phi) is 1.92. The monoisotopic (exact) mass is 184 g/mol. The average Bonchev–Trinajstić information content (AvgIpc) is 2.65. The molecule has 68 valence electrons. The third-order valence-electron chi connectivity index (χ3n) is 1.95. The molecule has 2 aromatic rings. The first-order valence-corrected chi connectivity index (χ1v) is 4.10. The molecule has 1 aromatic carbocycles. The number of H-pyrrole nitrogens is 1. The molecule has 0 amide bonds. The van der Waals surface area contributed by atoms with Crippen LogP contribution in [0.1, 0.15) is 5.56 Å². The minimum absolute atomic E-state index is 0.583. The largest absolute Gasteiger partial charge is 0.396 e. The number of hydrogen-bond donors (Lipinski definition) is 2. The molecule has 3 N–H and O–H groups in total. The van der Waals surface area contributed by atoms with Gasteiger partial charge in [-0.15, -0.1) is 0 Å². The maximum atomic E-state index is 8.72. The summed E-state index contributed by atoms with van der Waals surface area (Å²) < 4.78 is 0. The van der Waals surface area contributed by atoms with Gasteiger partial charge in [-0.25, -0.2) is 0 Å². The second-order valence-electron chi connectivity index (χ2n) is 2.89. The smallest absolute Gasteiger partial charge is 0.0991 e. The molecule has 0 aliphatic rings. The van der Waals surface area contributed by atoms with Crippen LogP contribution in [0.4, 0.5) is 5.69 Å². The molecule has 0 fully saturated rings. The lowest BCUT2D eigenvalue weighted by molar-refractivity contribution is 1.10. The summed E-state index contributed by atoms with van der Waals surface area (Å²) in [5.41, 5.74) is 8.50. The fourth-order valence-electron chi connectivity index (χ4n) is 1.27. The third kappa shape index (κ3) is 1.31. The molecule has 0 aliphatic heterocycles. The molecule has 4 heteroatoms. The molecule has 0 saturated heterocycles. The van der Waals surface area contributed by atoms with E-state index in [9.17, 15) is 0 Å². The molecule has 0 bridgehead atoms. The van der Waals surface area contributed by atoms with Crippen LogP contribution in [0.15, 0.2) is 30.5 Å². The Balaban J connectivity index is 2.53. The summed E-state index contributed by atoms with van der Waals surface area (Å²) in [6, 6.07) is 9.28. The van der Waals surface area contributed by atoms with E-state index in [0.717, 1.165) is 11.3 Å². The summed E-state index contributed by atoms with van der Waals surface area (Å²) >= 11 is 0. The lowest BCUT2D eigenvalue weighted by Crippen LogP contribution is -1.87. The van der Waals surface area contributed by atoms with Crippen molar-refractivity contribution in [1.82, 2.24) is 10.2 Å². The molecule has 1 aromatic heterocycles. The molecule has 14 heavy (non-hydrogen) atoms. The fraction of sp³-hybridized carbons (Fsp3) is 0. The number of nitrogens with two attached hydrogens (primary N) is 1. The topological polar surface area (TPSA) is 78.5 Å². The number of benzene rings is 1. The van der Waals surface area contributed by atoms with Crippen molar-refractivity contribution >= 4 is 5.69 Å².